The van der Waals surface area contributed by atoms with Crippen LogP contribution in [0.2, 0.25) is 0 Å². The summed E-state index contributed by atoms with van der Waals surface area (Å²) in [5.41, 5.74) is 1.12. The van der Waals surface area contributed by atoms with Gasteiger partial charge in [-0.2, -0.15) is 0 Å². The first-order valence-electron chi connectivity index (χ1n) is 6.74. The third-order valence-corrected chi connectivity index (χ3v) is 5.17. The molecular formula is C15H19NOS. The van der Waals surface area contributed by atoms with Gasteiger partial charge in [-0.15, -0.1) is 11.8 Å². The van der Waals surface area contributed by atoms with Crippen LogP contribution in [0.5, 0.6) is 0 Å². The van der Waals surface area contributed by atoms with Crippen LogP contribution in [-0.2, 0) is 4.79 Å². The maximum absolute atomic E-state index is 12.5. The fraction of sp³-hybridized carbons (Fsp3) is 0.533. The van der Waals surface area contributed by atoms with E-state index in [0.29, 0.717) is 17.1 Å². The van der Waals surface area contributed by atoms with Crippen molar-refractivity contribution in [2.75, 3.05) is 11.4 Å². The lowest BCUT2D eigenvalue weighted by atomic mass is 10.2. The average Bonchev–Trinajstić information content (AvgIpc) is 3.10. The second-order valence-corrected chi connectivity index (χ2v) is 6.97. The fourth-order valence-electron chi connectivity index (χ4n) is 2.58. The van der Waals surface area contributed by atoms with E-state index in [4.69, 9.17) is 0 Å². The van der Waals surface area contributed by atoms with Gasteiger partial charge in [-0.1, -0.05) is 26.0 Å². The number of amides is 1. The van der Waals surface area contributed by atoms with Crippen LogP contribution in [0.1, 0.15) is 26.7 Å². The number of hydrogen-bond acceptors (Lipinski definition) is 2. The lowest BCUT2D eigenvalue weighted by Gasteiger charge is -2.22. The zero-order valence-electron chi connectivity index (χ0n) is 10.9. The second kappa shape index (κ2) is 4.61. The predicted octanol–water partition coefficient (Wildman–Crippen LogP) is 3.56. The summed E-state index contributed by atoms with van der Waals surface area (Å²) in [7, 11) is 0. The number of para-hydroxylation sites is 1. The minimum absolute atomic E-state index is 0.275. The number of carbonyl (C=O) groups is 1. The molecule has 0 aromatic heterocycles. The highest BCUT2D eigenvalue weighted by atomic mass is 32.2. The van der Waals surface area contributed by atoms with Gasteiger partial charge in [0.15, 0.2) is 0 Å². The molecule has 0 N–H and O–H groups in total. The van der Waals surface area contributed by atoms with E-state index in [2.05, 4.69) is 32.0 Å². The van der Waals surface area contributed by atoms with Crippen molar-refractivity contribution >= 4 is 23.4 Å². The molecule has 1 saturated carbocycles. The largest absolute Gasteiger partial charge is 0.311 e. The molecule has 0 spiro atoms. The van der Waals surface area contributed by atoms with Crippen LogP contribution < -0.4 is 4.90 Å². The third-order valence-electron chi connectivity index (χ3n) is 3.94. The first kappa shape index (κ1) is 12.1. The number of hydrogen-bond donors (Lipinski definition) is 0. The van der Waals surface area contributed by atoms with Gasteiger partial charge in [-0.05, 0) is 30.9 Å². The van der Waals surface area contributed by atoms with Gasteiger partial charge in [0.25, 0.3) is 0 Å². The molecule has 1 heterocycles. The number of carbonyl (C=O) groups excluding carboxylic acids is 1. The van der Waals surface area contributed by atoms with Crippen molar-refractivity contribution in [1.82, 2.24) is 0 Å². The molecule has 1 aliphatic heterocycles. The number of rotatable bonds is 1. The molecule has 0 radical (unpaired) electrons. The van der Waals surface area contributed by atoms with Crippen LogP contribution in [0.3, 0.4) is 0 Å². The molecule has 1 fully saturated rings. The molecule has 3 rings (SSSR count). The van der Waals surface area contributed by atoms with Gasteiger partial charge in [-0.3, -0.25) is 4.79 Å². The molecule has 0 bridgehead atoms. The fourth-order valence-corrected chi connectivity index (χ4v) is 3.69. The molecule has 3 atom stereocenters. The Balaban J connectivity index is 1.92. The summed E-state index contributed by atoms with van der Waals surface area (Å²) < 4.78 is 0. The van der Waals surface area contributed by atoms with Gasteiger partial charge >= 0.3 is 0 Å². The van der Waals surface area contributed by atoms with Crippen molar-refractivity contribution in [3.05, 3.63) is 24.3 Å². The number of anilines is 1. The number of nitrogens with zero attached hydrogens (tertiary/aromatic N) is 1. The zero-order chi connectivity index (χ0) is 12.7. The van der Waals surface area contributed by atoms with Crippen LogP contribution in [-0.4, -0.2) is 17.7 Å². The lowest BCUT2D eigenvalue weighted by Crippen LogP contribution is -2.33. The molecule has 1 aromatic carbocycles. The van der Waals surface area contributed by atoms with Crippen molar-refractivity contribution in [3.8, 4) is 0 Å². The summed E-state index contributed by atoms with van der Waals surface area (Å²) >= 11 is 1.89. The van der Waals surface area contributed by atoms with Gasteiger partial charge in [0, 0.05) is 22.6 Å². The predicted molar refractivity (Wildman–Crippen MR) is 76.0 cm³/mol. The summed E-state index contributed by atoms with van der Waals surface area (Å²) in [6.07, 6.45) is 2.15. The number of thioether (sulfide) groups is 1. The molecule has 2 aliphatic rings. The van der Waals surface area contributed by atoms with Gasteiger partial charge in [0.05, 0.1) is 5.69 Å². The van der Waals surface area contributed by atoms with Gasteiger partial charge < -0.3 is 4.90 Å². The summed E-state index contributed by atoms with van der Waals surface area (Å²) in [6, 6.07) is 8.32. The van der Waals surface area contributed by atoms with Crippen molar-refractivity contribution in [2.24, 2.45) is 11.8 Å². The molecule has 18 heavy (non-hydrogen) atoms. The topological polar surface area (TPSA) is 20.3 Å². The van der Waals surface area contributed by atoms with E-state index in [1.54, 1.807) is 0 Å². The Morgan fingerprint density at radius 2 is 2.06 bits per heavy atom. The Hall–Kier alpha value is -0.960. The summed E-state index contributed by atoms with van der Waals surface area (Å²) in [4.78, 5) is 15.8. The Bertz CT molecular complexity index is 473. The van der Waals surface area contributed by atoms with Gasteiger partial charge in [0.1, 0.15) is 0 Å². The Morgan fingerprint density at radius 3 is 2.78 bits per heavy atom. The molecule has 3 unspecified atom stereocenters. The number of fused-ring (bicyclic) bond motifs is 1. The van der Waals surface area contributed by atoms with E-state index in [1.807, 2.05) is 22.7 Å². The Morgan fingerprint density at radius 1 is 1.33 bits per heavy atom. The van der Waals surface area contributed by atoms with Crippen molar-refractivity contribution in [3.63, 3.8) is 0 Å². The minimum atomic E-state index is 0.275. The highest BCUT2D eigenvalue weighted by molar-refractivity contribution is 8.00. The van der Waals surface area contributed by atoms with Crippen LogP contribution >= 0.6 is 11.8 Å². The zero-order valence-corrected chi connectivity index (χ0v) is 11.7. The summed E-state index contributed by atoms with van der Waals surface area (Å²) in [5.74, 6) is 1.19. The first-order chi connectivity index (χ1) is 8.66. The van der Waals surface area contributed by atoms with Crippen molar-refractivity contribution in [1.29, 1.82) is 0 Å². The number of benzene rings is 1. The molecule has 1 amide bonds. The average molecular weight is 261 g/mol. The Kier molecular flexibility index (Phi) is 3.10. The standard InChI is InChI=1S/C15H19NOS/c1-10-9-12(10)15(17)16-8-7-11(2)18-14-6-4-3-5-13(14)16/h3-6,10-12H,7-9H2,1-2H3. The molecule has 1 aromatic rings. The highest BCUT2D eigenvalue weighted by Crippen LogP contribution is 2.43. The quantitative estimate of drug-likeness (QED) is 0.770. The van der Waals surface area contributed by atoms with E-state index in [1.165, 1.54) is 4.90 Å². The second-order valence-electron chi connectivity index (χ2n) is 5.49. The van der Waals surface area contributed by atoms with E-state index >= 15 is 0 Å². The Labute approximate surface area is 113 Å². The highest BCUT2D eigenvalue weighted by Gasteiger charge is 2.42. The van der Waals surface area contributed by atoms with Crippen LogP contribution in [0, 0.1) is 11.8 Å². The normalized spacial score (nSPS) is 30.6. The third kappa shape index (κ3) is 2.16. The maximum Gasteiger partial charge on any atom is 0.230 e. The van der Waals surface area contributed by atoms with Gasteiger partial charge in [-0.25, -0.2) is 0 Å². The summed E-state index contributed by atoms with van der Waals surface area (Å²) in [5, 5.41) is 0.584. The van der Waals surface area contributed by atoms with Gasteiger partial charge in [0.2, 0.25) is 5.91 Å². The van der Waals surface area contributed by atoms with Crippen LogP contribution in [0.4, 0.5) is 5.69 Å². The lowest BCUT2D eigenvalue weighted by molar-refractivity contribution is -0.120. The minimum Gasteiger partial charge on any atom is -0.311 e. The van der Waals surface area contributed by atoms with E-state index in [9.17, 15) is 4.79 Å². The van der Waals surface area contributed by atoms with E-state index in [0.717, 1.165) is 25.1 Å². The molecule has 1 aliphatic carbocycles. The maximum atomic E-state index is 12.5. The monoisotopic (exact) mass is 261 g/mol. The first-order valence-corrected chi connectivity index (χ1v) is 7.62. The molecular weight excluding hydrogens is 242 g/mol. The molecule has 2 nitrogen and oxygen atoms in total. The van der Waals surface area contributed by atoms with Crippen molar-refractivity contribution < 1.29 is 4.79 Å². The SMILES string of the molecule is CC1CCN(C(=O)C2CC2C)c2ccccc2S1. The summed E-state index contributed by atoms with van der Waals surface area (Å²) in [6.45, 7) is 5.28. The molecule has 96 valence electrons. The van der Waals surface area contributed by atoms with Crippen LogP contribution in [0.25, 0.3) is 0 Å². The van der Waals surface area contributed by atoms with E-state index in [-0.39, 0.29) is 5.92 Å². The van der Waals surface area contributed by atoms with Crippen molar-refractivity contribution in [2.45, 2.75) is 36.8 Å². The smallest absolute Gasteiger partial charge is 0.230 e. The van der Waals surface area contributed by atoms with Crippen LogP contribution in [0.15, 0.2) is 29.2 Å². The molecule has 3 heteroatoms. The van der Waals surface area contributed by atoms with E-state index < -0.39 is 0 Å². The molecule has 0 saturated heterocycles.